The van der Waals surface area contributed by atoms with Gasteiger partial charge in [-0.3, -0.25) is 14.7 Å². The van der Waals surface area contributed by atoms with Crippen molar-refractivity contribution in [2.45, 2.75) is 519 Å². The van der Waals surface area contributed by atoms with Crippen LogP contribution in [0.5, 0.6) is 0 Å². The van der Waals surface area contributed by atoms with Gasteiger partial charge >= 0.3 is 0 Å². The minimum absolute atomic E-state index is 0.00792. The summed E-state index contributed by atoms with van der Waals surface area (Å²) in [5.74, 6) is 4.69. The van der Waals surface area contributed by atoms with Crippen LogP contribution in [0.2, 0.25) is 0 Å². The van der Waals surface area contributed by atoms with Crippen LogP contribution in [0.25, 0.3) is 0 Å². The zero-order valence-corrected chi connectivity index (χ0v) is 83.2. The Balaban J connectivity index is 0.864. The molecule has 0 aromatic heterocycles. The second-order valence-electron chi connectivity index (χ2n) is 51.8. The van der Waals surface area contributed by atoms with E-state index >= 15 is 0 Å². The number of piperidine rings is 9. The highest BCUT2D eigenvalue weighted by atomic mass is 16.8. The molecule has 27 heteroatoms. The summed E-state index contributed by atoms with van der Waals surface area (Å²) in [5.41, 5.74) is 9.54. The molecule has 121 heavy (non-hydrogen) atoms. The van der Waals surface area contributed by atoms with Gasteiger partial charge in [-0.25, -0.2) is 30.8 Å². The van der Waals surface area contributed by atoms with Gasteiger partial charge in [0.25, 0.3) is 0 Å². The molecule has 0 atom stereocenters. The summed E-state index contributed by atoms with van der Waals surface area (Å²) in [6.07, 6.45) is 23.3. The molecule has 0 amide bonds. The zero-order chi connectivity index (χ0) is 89.5. The quantitative estimate of drug-likeness (QED) is 0.0510. The predicted octanol–water partition coefficient (Wildman–Crippen LogP) is 12.9. The Hall–Kier alpha value is -4.65. The summed E-state index contributed by atoms with van der Waals surface area (Å²) < 4.78 is 0. The van der Waals surface area contributed by atoms with E-state index in [2.05, 4.69) is 362 Å². The van der Waals surface area contributed by atoms with Crippen molar-refractivity contribution < 1.29 is 14.5 Å². The average Bonchev–Trinajstić information content (AvgIpc) is 0.746. The number of rotatable bonds is 21. The number of hydrogen-bond donors (Lipinski definition) is 14. The molecule has 0 bridgehead atoms. The van der Waals surface area contributed by atoms with Crippen molar-refractivity contribution in [2.75, 3.05) is 26.2 Å². The predicted molar refractivity (Wildman–Crippen MR) is 497 cm³/mol. The lowest BCUT2D eigenvalue weighted by molar-refractivity contribution is -0.244. The third-order valence-electron chi connectivity index (χ3n) is 28.1. The topological polar surface area (TPSA) is 256 Å². The van der Waals surface area contributed by atoms with E-state index in [0.717, 1.165) is 151 Å². The number of hydrogen-bond acceptors (Lipinski definition) is 27. The number of hydrazine groups is 3. The molecule has 0 aromatic rings. The third kappa shape index (κ3) is 24.6. The molecule has 12 aliphatic heterocycles. The highest BCUT2D eigenvalue weighted by Gasteiger charge is 2.57. The van der Waals surface area contributed by atoms with Gasteiger partial charge in [0.05, 0.1) is 18.3 Å². The molecule has 12 aliphatic rings. The molecule has 9 saturated heterocycles. The molecule has 692 valence electrons. The highest BCUT2D eigenvalue weighted by molar-refractivity contribution is 5.95. The van der Waals surface area contributed by atoms with Gasteiger partial charge in [0.2, 0.25) is 0 Å². The third-order valence-corrected chi connectivity index (χ3v) is 28.1. The Kier molecular flexibility index (Phi) is 25.9. The monoisotopic (exact) mass is 1690 g/mol. The fourth-order valence-corrected chi connectivity index (χ4v) is 28.4. The van der Waals surface area contributed by atoms with Gasteiger partial charge in [-0.05, 0) is 365 Å². The van der Waals surface area contributed by atoms with Crippen LogP contribution in [0.15, 0.2) is 51.0 Å². The summed E-state index contributed by atoms with van der Waals surface area (Å²) in [6.45, 7) is 87.7. The van der Waals surface area contributed by atoms with Gasteiger partial charge in [0.15, 0.2) is 17.5 Å². The van der Waals surface area contributed by atoms with Crippen molar-refractivity contribution in [2.24, 2.45) is 15.3 Å². The lowest BCUT2D eigenvalue weighted by Crippen LogP contribution is -2.71. The first kappa shape index (κ1) is 95.5. The maximum absolute atomic E-state index is 7.23. The van der Waals surface area contributed by atoms with E-state index < -0.39 is 0 Å². The van der Waals surface area contributed by atoms with Gasteiger partial charge < -0.3 is 63.4 Å². The van der Waals surface area contributed by atoms with E-state index in [0.29, 0.717) is 44.3 Å². The molecule has 0 saturated carbocycles. The minimum atomic E-state index is -0.175. The maximum atomic E-state index is 7.23. The molecular formula is C94H178N24O3. The van der Waals surface area contributed by atoms with Crippen LogP contribution in [0, 0.1) is 0 Å². The SMILES string of the molecule is CC1(C)CC(ON2N=C(NC3CC(C)(C)N(C4CC(C)(C)NC(C)(C)C4)C(C)(C)C3)C=C(NCCN(CCNC3=CC(NC4CC(C)(C)N(C5CC(C)(C)NC(C)(C)C5)C(C)(C)C4)=NN(OC4CC(C)(C)NC(C)(C)C4)N3)C3=CC(NC4CC(C)(C)N(C5CC(C)(C)NC(C)(C)C5)C(C)(C)C4)=NN(OC4CC(C)(C)NC(C)(C)C4)N3)N2)CC(C)(C)N1. The first-order chi connectivity index (χ1) is 54.9. The standard InChI is InChI=1S/C94H178N24O3/c1-77(2)50-65(51-78(3,4)106-77)113-89(25,26)44-62(45-90(113,27)28)97-73-41-71(100-116(102-73)119-68-56-83(13,14)109-84(15,16)57-68)95-37-39-112(76-43-75(104-118(105-76)121-70-60-87(21,22)111-88(23,24)61-70)99-64-48-93(33,34)115(94(35,36)49-64)67-54-81(9,10)108-82(11,12)55-67)40-38-96-72-42-74(103-117(101-72)120-69-58-85(17,18)110-86(19,20)59-69)98-63-46-91(29,30)114(92(31,32)47-63)66-52-79(5,6)107-80(7,8)53-66/h41-43,62-70,95-96,100-101,105-111H,37-40,44-61H2,1-36H3,(H,97,102)(H,98,103)(H,99,104). The zero-order valence-electron chi connectivity index (χ0n) is 83.2. The summed E-state index contributed by atoms with van der Waals surface area (Å²) in [6, 6.07) is 1.66. The van der Waals surface area contributed by atoms with Crippen LogP contribution >= 0.6 is 0 Å². The Bertz CT molecular complexity index is 3540. The van der Waals surface area contributed by atoms with Crippen molar-refractivity contribution in [1.29, 1.82) is 0 Å². The normalized spacial score (nSPS) is 30.3. The van der Waals surface area contributed by atoms with Crippen LogP contribution in [0.4, 0.5) is 0 Å². The number of nitrogens with zero attached hydrogens (tertiary/aromatic N) is 10. The molecule has 0 radical (unpaired) electrons. The van der Waals surface area contributed by atoms with Crippen molar-refractivity contribution in [3.8, 4) is 0 Å². The average molecular weight is 1690 g/mol. The van der Waals surface area contributed by atoms with Gasteiger partial charge in [-0.2, -0.15) is 0 Å². The molecule has 12 heterocycles. The van der Waals surface area contributed by atoms with Crippen molar-refractivity contribution in [1.82, 2.24) is 110 Å². The molecule has 12 rings (SSSR count). The lowest BCUT2D eigenvalue weighted by Gasteiger charge is -2.62. The fraction of sp³-hybridized carbons (Fsp3) is 0.904. The van der Waals surface area contributed by atoms with E-state index in [1.165, 1.54) is 0 Å². The number of nitrogens with one attached hydrogen (secondary N) is 14. The van der Waals surface area contributed by atoms with Crippen molar-refractivity contribution >= 4 is 17.5 Å². The second-order valence-corrected chi connectivity index (χ2v) is 51.8. The first-order valence-corrected chi connectivity index (χ1v) is 47.2. The van der Waals surface area contributed by atoms with Crippen LogP contribution in [-0.2, 0) is 14.5 Å². The van der Waals surface area contributed by atoms with Crippen LogP contribution in [0.1, 0.15) is 365 Å². The van der Waals surface area contributed by atoms with Crippen molar-refractivity contribution in [3.05, 3.63) is 35.7 Å². The fourth-order valence-electron chi connectivity index (χ4n) is 28.4. The van der Waals surface area contributed by atoms with Gasteiger partial charge in [-0.15, -0.1) is 15.3 Å². The number of amidine groups is 3. The minimum Gasteiger partial charge on any atom is -0.369 e. The van der Waals surface area contributed by atoms with E-state index in [1.54, 1.807) is 15.8 Å². The van der Waals surface area contributed by atoms with Gasteiger partial charge in [0.1, 0.15) is 17.5 Å². The lowest BCUT2D eigenvalue weighted by atomic mass is 9.71. The Morgan fingerprint density at radius 1 is 0.289 bits per heavy atom. The van der Waals surface area contributed by atoms with Crippen LogP contribution < -0.4 is 74.8 Å². The summed E-state index contributed by atoms with van der Waals surface area (Å²) in [5, 5.41) is 64.7. The summed E-state index contributed by atoms with van der Waals surface area (Å²) >= 11 is 0. The molecule has 0 aliphatic carbocycles. The Labute approximate surface area is 734 Å². The highest BCUT2D eigenvalue weighted by Crippen LogP contribution is 2.50. The molecule has 0 aromatic carbocycles. The molecule has 9 fully saturated rings. The molecule has 0 spiro atoms. The Morgan fingerprint density at radius 3 is 0.727 bits per heavy atom. The second kappa shape index (κ2) is 32.8. The van der Waals surface area contributed by atoms with E-state index in [1.807, 2.05) is 0 Å². The molecular weight excluding hydrogens is 1510 g/mol. The first-order valence-electron chi connectivity index (χ1n) is 47.2. The largest absolute Gasteiger partial charge is 0.369 e. The van der Waals surface area contributed by atoms with E-state index in [9.17, 15) is 0 Å². The Morgan fingerprint density at radius 2 is 0.496 bits per heavy atom. The smallest absolute Gasteiger partial charge is 0.154 e. The van der Waals surface area contributed by atoms with E-state index in [4.69, 9.17) is 29.8 Å². The van der Waals surface area contributed by atoms with Gasteiger partial charge in [-0.1, -0.05) is 15.8 Å². The summed E-state index contributed by atoms with van der Waals surface area (Å²) in [4.78, 5) is 32.4. The maximum Gasteiger partial charge on any atom is 0.154 e. The summed E-state index contributed by atoms with van der Waals surface area (Å²) in [7, 11) is 0. The van der Waals surface area contributed by atoms with E-state index in [-0.39, 0.29) is 136 Å². The molecule has 27 nitrogen and oxygen atoms in total. The molecule has 0 unspecified atom stereocenters. The number of likely N-dealkylation sites (tertiary alicyclic amines) is 3. The van der Waals surface area contributed by atoms with Crippen molar-refractivity contribution in [3.63, 3.8) is 0 Å². The van der Waals surface area contributed by atoms with Crippen LogP contribution in [0.3, 0.4) is 0 Å². The van der Waals surface area contributed by atoms with Gasteiger partial charge in [0, 0.05) is 180 Å². The van der Waals surface area contributed by atoms with Crippen LogP contribution in [-0.4, -0.2) is 233 Å². The number of hydrazone groups is 3. The molecule has 14 N–H and O–H groups in total.